The number of methoxy groups -OCH3 is 1. The molecule has 0 aromatic carbocycles. The van der Waals surface area contributed by atoms with Gasteiger partial charge < -0.3 is 4.74 Å². The van der Waals surface area contributed by atoms with Crippen molar-refractivity contribution in [2.45, 2.75) is 31.6 Å². The summed E-state index contributed by atoms with van der Waals surface area (Å²) in [5, 5.41) is 13.4. The van der Waals surface area contributed by atoms with Gasteiger partial charge in [-0.05, 0) is 12.8 Å². The van der Waals surface area contributed by atoms with Crippen LogP contribution in [0, 0.1) is 0 Å². The number of nitrogens with zero attached hydrogens (tertiary/aromatic N) is 4. The van der Waals surface area contributed by atoms with Crippen molar-refractivity contribution in [2.75, 3.05) is 7.11 Å². The molecule has 90 valence electrons. The molecule has 1 aliphatic carbocycles. The summed E-state index contributed by atoms with van der Waals surface area (Å²) in [7, 11) is 1.38. The molecule has 3 rings (SSSR count). The van der Waals surface area contributed by atoms with Gasteiger partial charge in [-0.25, -0.2) is 0 Å². The van der Waals surface area contributed by atoms with E-state index in [1.807, 2.05) is 0 Å². The summed E-state index contributed by atoms with van der Waals surface area (Å²) in [6.45, 7) is 0. The van der Waals surface area contributed by atoms with Crippen molar-refractivity contribution in [1.82, 2.24) is 19.8 Å². The third kappa shape index (κ3) is 1.80. The van der Waals surface area contributed by atoms with E-state index < -0.39 is 0 Å². The number of fused-ring (bicyclic) bond motifs is 1. The van der Waals surface area contributed by atoms with Gasteiger partial charge in [0.25, 0.3) is 0 Å². The summed E-state index contributed by atoms with van der Waals surface area (Å²) in [6, 6.07) is 0. The Labute approximate surface area is 102 Å². The number of esters is 1. The Morgan fingerprint density at radius 2 is 2.35 bits per heavy atom. The molecule has 2 aromatic rings. The summed E-state index contributed by atoms with van der Waals surface area (Å²) in [5.41, 5.74) is 0. The van der Waals surface area contributed by atoms with Crippen LogP contribution in [-0.2, 0) is 16.0 Å². The highest BCUT2D eigenvalue weighted by Crippen LogP contribution is 2.35. The van der Waals surface area contributed by atoms with Crippen molar-refractivity contribution in [3.05, 3.63) is 10.8 Å². The van der Waals surface area contributed by atoms with Gasteiger partial charge in [0.1, 0.15) is 5.01 Å². The molecule has 0 unspecified atom stereocenters. The van der Waals surface area contributed by atoms with Gasteiger partial charge >= 0.3 is 5.97 Å². The second-order valence-electron chi connectivity index (χ2n) is 4.13. The highest BCUT2D eigenvalue weighted by Gasteiger charge is 2.26. The summed E-state index contributed by atoms with van der Waals surface area (Å²) in [4.78, 5) is 11.9. The van der Waals surface area contributed by atoms with Crippen LogP contribution >= 0.6 is 11.3 Å². The molecule has 2 heterocycles. The van der Waals surface area contributed by atoms with Crippen molar-refractivity contribution in [2.24, 2.45) is 0 Å². The number of ether oxygens (including phenoxy) is 1. The fourth-order valence-corrected chi connectivity index (χ4v) is 2.69. The molecule has 17 heavy (non-hydrogen) atoms. The van der Waals surface area contributed by atoms with Crippen LogP contribution in [0.15, 0.2) is 0 Å². The molecule has 0 saturated heterocycles. The quantitative estimate of drug-likeness (QED) is 0.767. The zero-order valence-corrected chi connectivity index (χ0v) is 10.2. The molecule has 1 fully saturated rings. The van der Waals surface area contributed by atoms with Crippen molar-refractivity contribution in [1.29, 1.82) is 0 Å². The highest BCUT2D eigenvalue weighted by molar-refractivity contribution is 7.16. The van der Waals surface area contributed by atoms with Gasteiger partial charge in [0.05, 0.1) is 13.5 Å². The van der Waals surface area contributed by atoms with Crippen LogP contribution in [0.3, 0.4) is 0 Å². The molecule has 0 spiro atoms. The van der Waals surface area contributed by atoms with Gasteiger partial charge in [-0.2, -0.15) is 9.61 Å². The maximum absolute atomic E-state index is 11.2. The van der Waals surface area contributed by atoms with Gasteiger partial charge in [-0.3, -0.25) is 4.79 Å². The first kappa shape index (κ1) is 10.6. The summed E-state index contributed by atoms with van der Waals surface area (Å²) < 4.78 is 6.39. The fourth-order valence-electron chi connectivity index (χ4n) is 1.86. The van der Waals surface area contributed by atoms with E-state index in [1.54, 1.807) is 4.52 Å². The predicted molar refractivity (Wildman–Crippen MR) is 61.0 cm³/mol. The Balaban J connectivity index is 1.90. The fraction of sp³-hybridized carbons (Fsp3) is 0.600. The van der Waals surface area contributed by atoms with Crippen LogP contribution in [0.5, 0.6) is 0 Å². The summed E-state index contributed by atoms with van der Waals surface area (Å²) in [5.74, 6) is 1.14. The lowest BCUT2D eigenvalue weighted by Gasteiger charge is -2.22. The molecule has 1 saturated carbocycles. The van der Waals surface area contributed by atoms with Gasteiger partial charge in [-0.15, -0.1) is 10.2 Å². The SMILES string of the molecule is COC(=O)Cc1nn2c(C3CCC3)nnc2s1. The number of hydrogen-bond acceptors (Lipinski definition) is 6. The predicted octanol–water partition coefficient (Wildman–Crippen LogP) is 1.17. The van der Waals surface area contributed by atoms with E-state index in [0.29, 0.717) is 5.92 Å². The number of rotatable bonds is 3. The van der Waals surface area contributed by atoms with Crippen LogP contribution in [0.4, 0.5) is 0 Å². The molecular formula is C10H12N4O2S. The minimum absolute atomic E-state index is 0.203. The van der Waals surface area contributed by atoms with Crippen molar-refractivity contribution in [3.63, 3.8) is 0 Å². The number of aromatic nitrogens is 4. The monoisotopic (exact) mass is 252 g/mol. The smallest absolute Gasteiger partial charge is 0.312 e. The van der Waals surface area contributed by atoms with Gasteiger partial charge in [-0.1, -0.05) is 17.8 Å². The Bertz CT molecular complexity index is 558. The second kappa shape index (κ2) is 4.06. The maximum Gasteiger partial charge on any atom is 0.312 e. The van der Waals surface area contributed by atoms with E-state index >= 15 is 0 Å². The first-order valence-corrected chi connectivity index (χ1v) is 6.37. The van der Waals surface area contributed by atoms with Crippen LogP contribution < -0.4 is 0 Å². The standard InChI is InChI=1S/C10H12N4O2S/c1-16-8(15)5-7-13-14-9(6-3-2-4-6)11-12-10(14)17-7/h6H,2-5H2,1H3. The Morgan fingerprint density at radius 3 is 3.00 bits per heavy atom. The number of hydrogen-bond donors (Lipinski definition) is 0. The second-order valence-corrected chi connectivity index (χ2v) is 5.17. The Kier molecular flexibility index (Phi) is 2.54. The molecule has 0 atom stereocenters. The minimum atomic E-state index is -0.278. The van der Waals surface area contributed by atoms with Crippen LogP contribution in [-0.4, -0.2) is 32.9 Å². The van der Waals surface area contributed by atoms with Crippen LogP contribution in [0.2, 0.25) is 0 Å². The van der Waals surface area contributed by atoms with Crippen LogP contribution in [0.25, 0.3) is 4.96 Å². The van der Waals surface area contributed by atoms with Crippen molar-refractivity contribution < 1.29 is 9.53 Å². The average molecular weight is 252 g/mol. The molecule has 7 heteroatoms. The molecule has 0 radical (unpaired) electrons. The van der Waals surface area contributed by atoms with E-state index in [9.17, 15) is 4.79 Å². The highest BCUT2D eigenvalue weighted by atomic mass is 32.1. The van der Waals surface area contributed by atoms with Gasteiger partial charge in [0, 0.05) is 5.92 Å². The van der Waals surface area contributed by atoms with E-state index in [0.717, 1.165) is 28.6 Å². The molecule has 1 aliphatic rings. The lowest BCUT2D eigenvalue weighted by molar-refractivity contribution is -0.139. The average Bonchev–Trinajstić information content (AvgIpc) is 2.77. The molecule has 6 nitrogen and oxygen atoms in total. The number of carbonyl (C=O) groups is 1. The zero-order chi connectivity index (χ0) is 11.8. The van der Waals surface area contributed by atoms with Crippen molar-refractivity contribution >= 4 is 22.3 Å². The molecule has 0 bridgehead atoms. The van der Waals surface area contributed by atoms with Gasteiger partial charge in [0.15, 0.2) is 5.82 Å². The lowest BCUT2D eigenvalue weighted by atomic mass is 9.85. The first-order valence-electron chi connectivity index (χ1n) is 5.56. The Morgan fingerprint density at radius 1 is 1.53 bits per heavy atom. The Hall–Kier alpha value is -1.50. The third-order valence-corrected chi connectivity index (χ3v) is 3.95. The zero-order valence-electron chi connectivity index (χ0n) is 9.42. The van der Waals surface area contributed by atoms with E-state index in [1.165, 1.54) is 24.9 Å². The third-order valence-electron chi connectivity index (χ3n) is 3.05. The lowest BCUT2D eigenvalue weighted by Crippen LogP contribution is -2.13. The summed E-state index contributed by atoms with van der Waals surface area (Å²) >= 11 is 1.39. The largest absolute Gasteiger partial charge is 0.469 e. The molecule has 0 aliphatic heterocycles. The minimum Gasteiger partial charge on any atom is -0.469 e. The van der Waals surface area contributed by atoms with E-state index in [-0.39, 0.29) is 12.4 Å². The molecular weight excluding hydrogens is 240 g/mol. The normalized spacial score (nSPS) is 16.1. The van der Waals surface area contributed by atoms with Crippen molar-refractivity contribution in [3.8, 4) is 0 Å². The summed E-state index contributed by atoms with van der Waals surface area (Å²) in [6.07, 6.45) is 3.77. The van der Waals surface area contributed by atoms with E-state index in [2.05, 4.69) is 20.0 Å². The topological polar surface area (TPSA) is 69.4 Å². The number of carbonyl (C=O) groups excluding carboxylic acids is 1. The molecule has 0 amide bonds. The molecule has 0 N–H and O–H groups in total. The van der Waals surface area contributed by atoms with E-state index in [4.69, 9.17) is 0 Å². The maximum atomic E-state index is 11.2. The van der Waals surface area contributed by atoms with Gasteiger partial charge in [0.2, 0.25) is 4.96 Å². The van der Waals surface area contributed by atoms with Crippen LogP contribution in [0.1, 0.15) is 36.0 Å². The molecule has 2 aromatic heterocycles. The first-order chi connectivity index (χ1) is 8.28.